The summed E-state index contributed by atoms with van der Waals surface area (Å²) >= 11 is 0. The van der Waals surface area contributed by atoms with Gasteiger partial charge in [0.2, 0.25) is 10.0 Å². The highest BCUT2D eigenvalue weighted by atomic mass is 32.2. The van der Waals surface area contributed by atoms with E-state index in [2.05, 4.69) is 16.1 Å². The Bertz CT molecular complexity index is 1220. The van der Waals surface area contributed by atoms with Gasteiger partial charge in [-0.3, -0.25) is 4.90 Å². The summed E-state index contributed by atoms with van der Waals surface area (Å²) in [6.07, 6.45) is 1.53. The molecule has 3 aromatic rings. The van der Waals surface area contributed by atoms with E-state index in [0.29, 0.717) is 25.6 Å². The molecule has 0 bridgehead atoms. The molecule has 0 aliphatic carbocycles. The Balaban J connectivity index is 1.71. The van der Waals surface area contributed by atoms with Crippen molar-refractivity contribution in [2.24, 2.45) is 5.14 Å². The first kappa shape index (κ1) is 22.6. The zero-order valence-corrected chi connectivity index (χ0v) is 19.0. The Morgan fingerprint density at radius 1 is 1.25 bits per heavy atom. The number of halogens is 1. The fraction of sp³-hybridized carbons (Fsp3) is 0.348. The van der Waals surface area contributed by atoms with Gasteiger partial charge in [0.1, 0.15) is 11.5 Å². The Labute approximate surface area is 187 Å². The van der Waals surface area contributed by atoms with Gasteiger partial charge in [-0.1, -0.05) is 29.8 Å². The largest absolute Gasteiger partial charge is 0.380 e. The maximum atomic E-state index is 15.0. The van der Waals surface area contributed by atoms with Crippen LogP contribution in [0.25, 0.3) is 5.69 Å². The summed E-state index contributed by atoms with van der Waals surface area (Å²) in [5.74, 6) is -0.700. The molecule has 2 heterocycles. The fourth-order valence-corrected chi connectivity index (χ4v) is 4.53. The molecule has 4 rings (SSSR count). The van der Waals surface area contributed by atoms with Crippen LogP contribution in [0.3, 0.4) is 0 Å². The highest BCUT2D eigenvalue weighted by Crippen LogP contribution is 2.23. The minimum atomic E-state index is -4.00. The molecular weight excluding hydrogens is 431 g/mol. The van der Waals surface area contributed by atoms with Gasteiger partial charge in [-0.2, -0.15) is 5.10 Å². The number of sulfonamides is 1. The van der Waals surface area contributed by atoms with Gasteiger partial charge < -0.3 is 4.74 Å². The smallest absolute Gasteiger partial charge is 0.238 e. The van der Waals surface area contributed by atoms with Crippen molar-refractivity contribution in [2.75, 3.05) is 20.3 Å². The van der Waals surface area contributed by atoms with Gasteiger partial charge in [-0.25, -0.2) is 22.6 Å². The van der Waals surface area contributed by atoms with E-state index in [4.69, 9.17) is 9.88 Å². The van der Waals surface area contributed by atoms with Crippen LogP contribution in [0.5, 0.6) is 0 Å². The molecule has 2 aromatic carbocycles. The number of rotatable bonds is 7. The van der Waals surface area contributed by atoms with E-state index in [-0.39, 0.29) is 10.6 Å². The lowest BCUT2D eigenvalue weighted by Crippen LogP contribution is -2.31. The average molecular weight is 459 g/mol. The van der Waals surface area contributed by atoms with Crippen molar-refractivity contribution in [1.82, 2.24) is 14.7 Å². The third-order valence-electron chi connectivity index (χ3n) is 5.72. The van der Waals surface area contributed by atoms with Gasteiger partial charge in [-0.05, 0) is 50.2 Å². The van der Waals surface area contributed by atoms with E-state index in [1.807, 2.05) is 38.2 Å². The fourth-order valence-electron chi connectivity index (χ4n) is 4.01. The number of aromatic nitrogens is 2. The topological polar surface area (TPSA) is 90.4 Å². The zero-order valence-electron chi connectivity index (χ0n) is 18.2. The minimum absolute atomic E-state index is 0.179. The minimum Gasteiger partial charge on any atom is -0.380 e. The average Bonchev–Trinajstić information content (AvgIpc) is 3.38. The molecule has 7 nitrogen and oxygen atoms in total. The third-order valence-corrected chi connectivity index (χ3v) is 6.63. The van der Waals surface area contributed by atoms with Crippen LogP contribution in [0, 0.1) is 12.7 Å². The first-order chi connectivity index (χ1) is 15.2. The number of hydrogen-bond acceptors (Lipinski definition) is 5. The van der Waals surface area contributed by atoms with Gasteiger partial charge in [-0.15, -0.1) is 0 Å². The Hall–Kier alpha value is -2.59. The third kappa shape index (κ3) is 5.07. The molecule has 170 valence electrons. The van der Waals surface area contributed by atoms with Gasteiger partial charge in [0.15, 0.2) is 0 Å². The lowest BCUT2D eigenvalue weighted by Gasteiger charge is -2.21. The van der Waals surface area contributed by atoms with Crippen LogP contribution in [0.4, 0.5) is 4.39 Å². The van der Waals surface area contributed by atoms with E-state index < -0.39 is 15.8 Å². The molecule has 2 N–H and O–H groups in total. The standard InChI is InChI=1S/C23H27FN4O3S/c1-16-4-3-5-17(10-16)11-20-12-18(14-27(2)19-8-9-31-15-19)26-28(20)23-7-6-21(13-22(23)24)32(25,29)30/h3-7,10,12-13,19H,8-9,11,14-15H2,1-2H3,(H2,25,29,30). The zero-order chi connectivity index (χ0) is 22.9. The Morgan fingerprint density at radius 2 is 2.06 bits per heavy atom. The SMILES string of the molecule is Cc1cccc(Cc2cc(CN(C)C3CCOC3)nn2-c2ccc(S(N)(=O)=O)cc2F)c1. The predicted octanol–water partition coefficient (Wildman–Crippen LogP) is 2.78. The number of nitrogens with two attached hydrogens (primary N) is 1. The van der Waals surface area contributed by atoms with Crippen molar-refractivity contribution in [3.05, 3.63) is 76.9 Å². The maximum Gasteiger partial charge on any atom is 0.238 e. The second-order valence-corrected chi connectivity index (χ2v) is 9.86. The lowest BCUT2D eigenvalue weighted by atomic mass is 10.1. The summed E-state index contributed by atoms with van der Waals surface area (Å²) < 4.78 is 45.2. The number of aryl methyl sites for hydroxylation is 1. The number of primary sulfonamides is 1. The molecule has 1 aliphatic rings. The van der Waals surface area contributed by atoms with Crippen LogP contribution in [0.1, 0.15) is 28.9 Å². The van der Waals surface area contributed by atoms with E-state index in [9.17, 15) is 12.8 Å². The van der Waals surface area contributed by atoms with Crippen LogP contribution < -0.4 is 5.14 Å². The van der Waals surface area contributed by atoms with E-state index in [0.717, 1.165) is 41.6 Å². The summed E-state index contributed by atoms with van der Waals surface area (Å²) in [7, 11) is -1.97. The second kappa shape index (κ2) is 9.11. The number of ether oxygens (including phenoxy) is 1. The number of likely N-dealkylation sites (N-methyl/N-ethyl adjacent to an activating group) is 1. The molecule has 0 radical (unpaired) electrons. The molecule has 1 unspecified atom stereocenters. The van der Waals surface area contributed by atoms with Crippen molar-refractivity contribution in [1.29, 1.82) is 0 Å². The van der Waals surface area contributed by atoms with Gasteiger partial charge in [0.05, 0.1) is 17.2 Å². The quantitative estimate of drug-likeness (QED) is 0.588. The van der Waals surface area contributed by atoms with Gasteiger partial charge >= 0.3 is 0 Å². The van der Waals surface area contributed by atoms with Crippen LogP contribution in [0.15, 0.2) is 53.4 Å². The highest BCUT2D eigenvalue weighted by molar-refractivity contribution is 7.89. The molecule has 9 heteroatoms. The summed E-state index contributed by atoms with van der Waals surface area (Å²) in [5, 5.41) is 9.82. The van der Waals surface area contributed by atoms with E-state index in [1.165, 1.54) is 12.1 Å². The van der Waals surface area contributed by atoms with Gasteiger partial charge in [0, 0.05) is 31.3 Å². The monoisotopic (exact) mass is 458 g/mol. The second-order valence-electron chi connectivity index (χ2n) is 8.30. The normalized spacial score (nSPS) is 16.7. The summed E-state index contributed by atoms with van der Waals surface area (Å²) in [5.41, 5.74) is 4.01. The number of nitrogens with zero attached hydrogens (tertiary/aromatic N) is 3. The van der Waals surface area contributed by atoms with Crippen LogP contribution in [0.2, 0.25) is 0 Å². The van der Waals surface area contributed by atoms with Crippen molar-refractivity contribution in [3.63, 3.8) is 0 Å². The highest BCUT2D eigenvalue weighted by Gasteiger charge is 2.22. The van der Waals surface area contributed by atoms with Crippen LogP contribution in [-0.2, 0) is 27.7 Å². The number of benzene rings is 2. The molecule has 1 fully saturated rings. The molecular formula is C23H27FN4O3S. The molecule has 1 saturated heterocycles. The first-order valence-corrected chi connectivity index (χ1v) is 12.0. The predicted molar refractivity (Wildman–Crippen MR) is 120 cm³/mol. The number of hydrogen-bond donors (Lipinski definition) is 1. The first-order valence-electron chi connectivity index (χ1n) is 10.4. The van der Waals surface area contributed by atoms with Crippen molar-refractivity contribution >= 4 is 10.0 Å². The molecule has 1 atom stereocenters. The van der Waals surface area contributed by atoms with Crippen molar-refractivity contribution in [3.8, 4) is 5.69 Å². The molecule has 1 aliphatic heterocycles. The van der Waals surface area contributed by atoms with Crippen LogP contribution >= 0.6 is 0 Å². The molecule has 0 saturated carbocycles. The molecule has 0 amide bonds. The van der Waals surface area contributed by atoms with Crippen molar-refractivity contribution < 1.29 is 17.5 Å². The molecule has 1 aromatic heterocycles. The summed E-state index contributed by atoms with van der Waals surface area (Å²) in [4.78, 5) is 1.92. The maximum absolute atomic E-state index is 15.0. The Morgan fingerprint density at radius 3 is 2.72 bits per heavy atom. The molecule has 32 heavy (non-hydrogen) atoms. The lowest BCUT2D eigenvalue weighted by molar-refractivity contribution is 0.155. The summed E-state index contributed by atoms with van der Waals surface area (Å²) in [6.45, 7) is 4.07. The van der Waals surface area contributed by atoms with E-state index >= 15 is 0 Å². The van der Waals surface area contributed by atoms with Crippen molar-refractivity contribution in [2.45, 2.75) is 37.2 Å². The van der Waals surface area contributed by atoms with E-state index in [1.54, 1.807) is 4.68 Å². The molecule has 0 spiro atoms. The van der Waals surface area contributed by atoms with Gasteiger partial charge in [0.25, 0.3) is 0 Å². The Kier molecular flexibility index (Phi) is 6.43. The van der Waals surface area contributed by atoms with Crippen LogP contribution in [-0.4, -0.2) is 49.4 Å². The summed E-state index contributed by atoms with van der Waals surface area (Å²) in [6, 6.07) is 14.1.